The molecule has 0 fully saturated rings. The van der Waals surface area contributed by atoms with Gasteiger partial charge >= 0.3 is 0 Å². The summed E-state index contributed by atoms with van der Waals surface area (Å²) in [6.45, 7) is 5.67. The summed E-state index contributed by atoms with van der Waals surface area (Å²) in [5.74, 6) is 0.488. The predicted octanol–water partition coefficient (Wildman–Crippen LogP) is 3.91. The molecule has 0 unspecified atom stereocenters. The first kappa shape index (κ1) is 18.9. The molecular weight excluding hydrogens is 366 g/mol. The fraction of sp³-hybridized carbons (Fsp3) is 0.250. The van der Waals surface area contributed by atoms with Crippen LogP contribution in [0.4, 0.5) is 5.69 Å². The van der Waals surface area contributed by atoms with Gasteiger partial charge in [0.2, 0.25) is 5.91 Å². The summed E-state index contributed by atoms with van der Waals surface area (Å²) in [4.78, 5) is 28.7. The molecule has 0 aliphatic rings. The minimum Gasteiger partial charge on any atom is -0.487 e. The Bertz CT molecular complexity index is 1050. The van der Waals surface area contributed by atoms with Gasteiger partial charge in [0.15, 0.2) is 0 Å². The van der Waals surface area contributed by atoms with Gasteiger partial charge in [-0.1, -0.05) is 38.4 Å². The largest absolute Gasteiger partial charge is 0.487 e. The first-order chi connectivity index (χ1) is 12.7. The number of halogens is 1. The van der Waals surface area contributed by atoms with Crippen molar-refractivity contribution in [3.8, 4) is 5.75 Å². The number of ether oxygens (including phenoxy) is 1. The number of fused-ring (bicyclic) bond motifs is 1. The van der Waals surface area contributed by atoms with Crippen LogP contribution in [0.5, 0.6) is 5.75 Å². The van der Waals surface area contributed by atoms with Crippen LogP contribution in [0.25, 0.3) is 5.65 Å². The van der Waals surface area contributed by atoms with E-state index in [1.165, 1.54) is 16.7 Å². The van der Waals surface area contributed by atoms with E-state index in [9.17, 15) is 9.59 Å². The molecule has 1 amide bonds. The van der Waals surface area contributed by atoms with E-state index >= 15 is 0 Å². The molecule has 0 spiro atoms. The predicted molar refractivity (Wildman–Crippen MR) is 105 cm³/mol. The molecule has 0 radical (unpaired) electrons. The van der Waals surface area contributed by atoms with Crippen molar-refractivity contribution in [1.82, 2.24) is 9.38 Å². The molecule has 0 aliphatic heterocycles. The van der Waals surface area contributed by atoms with E-state index in [2.05, 4.69) is 10.3 Å². The molecule has 3 aromatic rings. The summed E-state index contributed by atoms with van der Waals surface area (Å²) < 4.78 is 7.12. The fourth-order valence-electron chi connectivity index (χ4n) is 2.34. The zero-order valence-corrected chi connectivity index (χ0v) is 16.1. The minimum atomic E-state index is -0.489. The quantitative estimate of drug-likeness (QED) is 0.739. The smallest absolute Gasteiger partial charge is 0.258 e. The molecule has 0 bridgehead atoms. The average molecular weight is 386 g/mol. The van der Waals surface area contributed by atoms with Crippen LogP contribution in [-0.4, -0.2) is 15.3 Å². The molecule has 2 aromatic heterocycles. The standard InChI is InChI=1S/C20H20ClN3O3/c1-20(2,3)19(26)23-14-5-4-6-16(9-14)27-12-15-10-18(25)24-11-13(21)7-8-17(24)22-15/h4-11H,12H2,1-3H3,(H,23,26). The number of benzene rings is 1. The number of nitrogens with zero attached hydrogens (tertiary/aromatic N) is 2. The van der Waals surface area contributed by atoms with E-state index in [1.54, 1.807) is 36.4 Å². The third-order valence-electron chi connectivity index (χ3n) is 3.84. The summed E-state index contributed by atoms with van der Waals surface area (Å²) in [6, 6.07) is 11.9. The normalized spacial score (nSPS) is 11.4. The number of pyridine rings is 1. The van der Waals surface area contributed by atoms with E-state index in [1.807, 2.05) is 20.8 Å². The lowest BCUT2D eigenvalue weighted by Gasteiger charge is -2.18. The Morgan fingerprint density at radius 3 is 2.74 bits per heavy atom. The molecule has 6 nitrogen and oxygen atoms in total. The molecule has 7 heteroatoms. The van der Waals surface area contributed by atoms with E-state index in [-0.39, 0.29) is 18.1 Å². The lowest BCUT2D eigenvalue weighted by atomic mass is 9.95. The highest BCUT2D eigenvalue weighted by molar-refractivity contribution is 6.30. The van der Waals surface area contributed by atoms with Crippen molar-refractivity contribution in [3.05, 3.63) is 69.7 Å². The van der Waals surface area contributed by atoms with Crippen LogP contribution in [0, 0.1) is 5.41 Å². The second-order valence-electron chi connectivity index (χ2n) is 7.18. The molecule has 0 aliphatic carbocycles. The number of anilines is 1. The summed E-state index contributed by atoms with van der Waals surface area (Å²) in [5.41, 5.74) is 0.931. The molecule has 2 heterocycles. The number of hydrogen-bond acceptors (Lipinski definition) is 4. The van der Waals surface area contributed by atoms with E-state index in [0.717, 1.165) is 0 Å². The number of hydrogen-bond donors (Lipinski definition) is 1. The first-order valence-electron chi connectivity index (χ1n) is 8.44. The summed E-state index contributed by atoms with van der Waals surface area (Å²) in [5, 5.41) is 3.32. The number of amides is 1. The van der Waals surface area contributed by atoms with E-state index in [0.29, 0.717) is 27.8 Å². The van der Waals surface area contributed by atoms with Crippen LogP contribution < -0.4 is 15.6 Å². The van der Waals surface area contributed by atoms with Gasteiger partial charge in [0.25, 0.3) is 5.56 Å². The van der Waals surface area contributed by atoms with E-state index in [4.69, 9.17) is 16.3 Å². The van der Waals surface area contributed by atoms with Crippen LogP contribution in [0.3, 0.4) is 0 Å². The molecule has 1 aromatic carbocycles. The highest BCUT2D eigenvalue weighted by Crippen LogP contribution is 2.21. The maximum atomic E-state index is 12.2. The Morgan fingerprint density at radius 1 is 1.22 bits per heavy atom. The van der Waals surface area contributed by atoms with Gasteiger partial charge in [0.1, 0.15) is 18.0 Å². The van der Waals surface area contributed by atoms with Gasteiger partial charge in [0, 0.05) is 29.4 Å². The third kappa shape index (κ3) is 4.65. The van der Waals surface area contributed by atoms with Crippen LogP contribution in [-0.2, 0) is 11.4 Å². The number of rotatable bonds is 4. The van der Waals surface area contributed by atoms with Gasteiger partial charge in [-0.05, 0) is 24.3 Å². The minimum absolute atomic E-state index is 0.0810. The average Bonchev–Trinajstić information content (AvgIpc) is 2.60. The second-order valence-corrected chi connectivity index (χ2v) is 7.62. The zero-order valence-electron chi connectivity index (χ0n) is 15.3. The van der Waals surface area contributed by atoms with Crippen molar-refractivity contribution in [2.24, 2.45) is 5.41 Å². The molecule has 0 saturated carbocycles. The molecule has 3 rings (SSSR count). The van der Waals surface area contributed by atoms with Crippen molar-refractivity contribution in [2.75, 3.05) is 5.32 Å². The van der Waals surface area contributed by atoms with Crippen molar-refractivity contribution in [1.29, 1.82) is 0 Å². The van der Waals surface area contributed by atoms with Crippen molar-refractivity contribution < 1.29 is 9.53 Å². The van der Waals surface area contributed by atoms with Crippen molar-refractivity contribution >= 4 is 28.8 Å². The summed E-state index contributed by atoms with van der Waals surface area (Å²) >= 11 is 5.91. The second kappa shape index (κ2) is 7.40. The molecule has 140 valence electrons. The van der Waals surface area contributed by atoms with Gasteiger partial charge in [0.05, 0.1) is 10.7 Å². The molecule has 1 N–H and O–H groups in total. The highest BCUT2D eigenvalue weighted by Gasteiger charge is 2.21. The van der Waals surface area contributed by atoms with Gasteiger partial charge in [-0.15, -0.1) is 0 Å². The Kier molecular flexibility index (Phi) is 5.19. The van der Waals surface area contributed by atoms with Gasteiger partial charge < -0.3 is 10.1 Å². The number of nitrogens with one attached hydrogen (secondary N) is 1. The Morgan fingerprint density at radius 2 is 2.00 bits per heavy atom. The highest BCUT2D eigenvalue weighted by atomic mass is 35.5. The monoisotopic (exact) mass is 385 g/mol. The van der Waals surface area contributed by atoms with Crippen molar-refractivity contribution in [2.45, 2.75) is 27.4 Å². The zero-order chi connectivity index (χ0) is 19.6. The maximum Gasteiger partial charge on any atom is 0.258 e. The third-order valence-corrected chi connectivity index (χ3v) is 4.06. The first-order valence-corrected chi connectivity index (χ1v) is 8.82. The van der Waals surface area contributed by atoms with Gasteiger partial charge in [-0.25, -0.2) is 4.98 Å². The van der Waals surface area contributed by atoms with Gasteiger partial charge in [-0.3, -0.25) is 14.0 Å². The van der Waals surface area contributed by atoms with Gasteiger partial charge in [-0.2, -0.15) is 0 Å². The van der Waals surface area contributed by atoms with Crippen molar-refractivity contribution in [3.63, 3.8) is 0 Å². The molecule has 0 saturated heterocycles. The number of carbonyl (C=O) groups excluding carboxylic acids is 1. The number of carbonyl (C=O) groups is 1. The van der Waals surface area contributed by atoms with Crippen LogP contribution >= 0.6 is 11.6 Å². The lowest BCUT2D eigenvalue weighted by molar-refractivity contribution is -0.123. The molecule has 27 heavy (non-hydrogen) atoms. The molecular formula is C20H20ClN3O3. The summed E-state index contributed by atoms with van der Waals surface area (Å²) in [7, 11) is 0. The Balaban J connectivity index is 1.74. The van der Waals surface area contributed by atoms with Crippen LogP contribution in [0.2, 0.25) is 5.02 Å². The van der Waals surface area contributed by atoms with Crippen LogP contribution in [0.1, 0.15) is 26.5 Å². The SMILES string of the molecule is CC(C)(C)C(=O)Nc1cccc(OCc2cc(=O)n3cc(Cl)ccc3n2)c1. The topological polar surface area (TPSA) is 72.7 Å². The molecule has 0 atom stereocenters. The maximum absolute atomic E-state index is 12.2. The summed E-state index contributed by atoms with van der Waals surface area (Å²) in [6.07, 6.45) is 1.53. The lowest BCUT2D eigenvalue weighted by Crippen LogP contribution is -2.27. The fourth-order valence-corrected chi connectivity index (χ4v) is 2.50. The number of aromatic nitrogens is 2. The Labute approximate surface area is 161 Å². The van der Waals surface area contributed by atoms with Crippen LogP contribution in [0.15, 0.2) is 53.5 Å². The Hall–Kier alpha value is -2.86. The van der Waals surface area contributed by atoms with E-state index < -0.39 is 5.41 Å².